The third-order valence-corrected chi connectivity index (χ3v) is 4.51. The molecule has 1 aliphatic rings. The fraction of sp³-hybridized carbons (Fsp3) is 0.300. The zero-order valence-corrected chi connectivity index (χ0v) is 14.5. The lowest BCUT2D eigenvalue weighted by Gasteiger charge is -2.25. The van der Waals surface area contributed by atoms with Crippen LogP contribution in [0.5, 0.6) is 5.75 Å². The highest BCUT2D eigenvalue weighted by molar-refractivity contribution is 6.11. The second-order valence-corrected chi connectivity index (χ2v) is 6.48. The molecule has 0 saturated carbocycles. The number of benzene rings is 2. The number of carbonyl (C=O) groups excluding carboxylic acids is 2. The zero-order chi connectivity index (χ0) is 18.2. The molecule has 5 heteroatoms. The van der Waals surface area contributed by atoms with Crippen molar-refractivity contribution in [1.29, 1.82) is 0 Å². The highest BCUT2D eigenvalue weighted by Gasteiger charge is 2.51. The van der Waals surface area contributed by atoms with Crippen LogP contribution in [0.3, 0.4) is 0 Å². The number of para-hydroxylation sites is 1. The molecule has 2 aromatic carbocycles. The summed E-state index contributed by atoms with van der Waals surface area (Å²) in [6, 6.07) is 13.7. The summed E-state index contributed by atoms with van der Waals surface area (Å²) in [5, 5.41) is 11.1. The van der Waals surface area contributed by atoms with Crippen molar-refractivity contribution in [3.63, 3.8) is 0 Å². The Kier molecular flexibility index (Phi) is 4.35. The molecule has 0 spiro atoms. The first kappa shape index (κ1) is 17.2. The van der Waals surface area contributed by atoms with Crippen LogP contribution in [-0.2, 0) is 10.4 Å². The number of ketones is 1. The molecule has 1 heterocycles. The molecule has 0 saturated heterocycles. The number of hydrogen-bond donors (Lipinski definition) is 1. The average molecular weight is 339 g/mol. The molecule has 5 nitrogen and oxygen atoms in total. The first-order chi connectivity index (χ1) is 11.9. The van der Waals surface area contributed by atoms with Gasteiger partial charge in [-0.3, -0.25) is 9.59 Å². The summed E-state index contributed by atoms with van der Waals surface area (Å²) >= 11 is 0. The van der Waals surface area contributed by atoms with Gasteiger partial charge in [-0.15, -0.1) is 0 Å². The van der Waals surface area contributed by atoms with Crippen molar-refractivity contribution in [2.24, 2.45) is 0 Å². The molecule has 1 amide bonds. The van der Waals surface area contributed by atoms with Crippen LogP contribution in [0.25, 0.3) is 0 Å². The molecule has 1 unspecified atom stereocenters. The van der Waals surface area contributed by atoms with Crippen LogP contribution in [0.1, 0.15) is 36.2 Å². The maximum atomic E-state index is 12.9. The Balaban J connectivity index is 1.98. The molecule has 2 aromatic rings. The smallest absolute Gasteiger partial charge is 0.264 e. The van der Waals surface area contributed by atoms with Gasteiger partial charge in [0.05, 0.1) is 19.2 Å². The van der Waals surface area contributed by atoms with E-state index in [4.69, 9.17) is 4.74 Å². The zero-order valence-electron chi connectivity index (χ0n) is 14.5. The lowest BCUT2D eigenvalue weighted by atomic mass is 9.88. The number of hydrogen-bond acceptors (Lipinski definition) is 4. The topological polar surface area (TPSA) is 66.8 Å². The summed E-state index contributed by atoms with van der Waals surface area (Å²) in [5.74, 6) is -0.213. The van der Waals surface area contributed by atoms with Crippen molar-refractivity contribution in [2.75, 3.05) is 12.0 Å². The van der Waals surface area contributed by atoms with Gasteiger partial charge in [0.25, 0.3) is 5.91 Å². The van der Waals surface area contributed by atoms with Crippen molar-refractivity contribution < 1.29 is 19.4 Å². The predicted molar refractivity (Wildman–Crippen MR) is 94.9 cm³/mol. The molecule has 0 fully saturated rings. The van der Waals surface area contributed by atoms with E-state index in [1.54, 1.807) is 47.4 Å². The Morgan fingerprint density at radius 1 is 1.20 bits per heavy atom. The maximum Gasteiger partial charge on any atom is 0.264 e. The number of Topliss-reactive ketones (excluding diaryl/α,β-unsaturated/α-hetero) is 1. The van der Waals surface area contributed by atoms with E-state index in [2.05, 4.69) is 0 Å². The second-order valence-electron chi connectivity index (χ2n) is 6.48. The largest absolute Gasteiger partial charge is 0.497 e. The molecule has 0 aromatic heterocycles. The van der Waals surface area contributed by atoms with E-state index in [1.807, 2.05) is 19.9 Å². The van der Waals surface area contributed by atoms with Crippen LogP contribution in [0.15, 0.2) is 48.5 Å². The van der Waals surface area contributed by atoms with E-state index in [0.29, 0.717) is 22.6 Å². The highest BCUT2D eigenvalue weighted by Crippen LogP contribution is 2.43. The summed E-state index contributed by atoms with van der Waals surface area (Å²) in [5.41, 5.74) is -0.310. The monoisotopic (exact) mass is 339 g/mol. The summed E-state index contributed by atoms with van der Waals surface area (Å²) in [4.78, 5) is 27.2. The molecule has 1 aliphatic heterocycles. The van der Waals surface area contributed by atoms with Crippen molar-refractivity contribution >= 4 is 17.4 Å². The van der Waals surface area contributed by atoms with Crippen LogP contribution < -0.4 is 9.64 Å². The van der Waals surface area contributed by atoms with Crippen molar-refractivity contribution in [3.05, 3.63) is 59.7 Å². The normalized spacial score (nSPS) is 19.2. The van der Waals surface area contributed by atoms with Crippen LogP contribution in [-0.4, -0.2) is 29.9 Å². The van der Waals surface area contributed by atoms with Crippen LogP contribution >= 0.6 is 0 Å². The van der Waals surface area contributed by atoms with Gasteiger partial charge in [-0.2, -0.15) is 0 Å². The second kappa shape index (κ2) is 6.33. The quantitative estimate of drug-likeness (QED) is 0.851. The summed E-state index contributed by atoms with van der Waals surface area (Å²) < 4.78 is 5.14. The summed E-state index contributed by atoms with van der Waals surface area (Å²) in [6.07, 6.45) is -0.306. The van der Waals surface area contributed by atoms with Gasteiger partial charge in [0.15, 0.2) is 11.4 Å². The van der Waals surface area contributed by atoms with Gasteiger partial charge in [-0.05, 0) is 32.0 Å². The fourth-order valence-electron chi connectivity index (χ4n) is 3.27. The fourth-order valence-corrected chi connectivity index (χ4v) is 3.27. The number of aliphatic hydroxyl groups is 1. The van der Waals surface area contributed by atoms with Crippen molar-refractivity contribution in [1.82, 2.24) is 0 Å². The Hall–Kier alpha value is -2.66. The standard InChI is InChI=1S/C20H21NO4/c1-13(2)21-17-10-5-4-9-16(17)20(24,19(21)23)12-18(22)14-7-6-8-15(11-14)25-3/h4-11,13,24H,12H2,1-3H3. The van der Waals surface area contributed by atoms with Crippen LogP contribution in [0.2, 0.25) is 0 Å². The predicted octanol–water partition coefficient (Wildman–Crippen LogP) is 2.91. The minimum Gasteiger partial charge on any atom is -0.497 e. The minimum atomic E-state index is -1.85. The number of anilines is 1. The molecule has 130 valence electrons. The molecule has 0 bridgehead atoms. The van der Waals surface area contributed by atoms with E-state index in [0.717, 1.165) is 0 Å². The third-order valence-electron chi connectivity index (χ3n) is 4.51. The van der Waals surface area contributed by atoms with Crippen LogP contribution in [0.4, 0.5) is 5.69 Å². The first-order valence-electron chi connectivity index (χ1n) is 8.21. The van der Waals surface area contributed by atoms with Gasteiger partial charge in [-0.25, -0.2) is 0 Å². The Labute approximate surface area is 146 Å². The molecule has 1 N–H and O–H groups in total. The minimum absolute atomic E-state index is 0.116. The number of carbonyl (C=O) groups is 2. The SMILES string of the molecule is COc1cccc(C(=O)CC2(O)C(=O)N(C(C)C)c3ccccc32)c1. The number of methoxy groups -OCH3 is 1. The van der Waals surface area contributed by atoms with Gasteiger partial charge in [-0.1, -0.05) is 30.3 Å². The number of amides is 1. The van der Waals surface area contributed by atoms with Gasteiger partial charge in [0, 0.05) is 17.2 Å². The van der Waals surface area contributed by atoms with Crippen molar-refractivity contribution in [3.8, 4) is 5.75 Å². The Morgan fingerprint density at radius 3 is 2.60 bits per heavy atom. The molecule has 0 radical (unpaired) electrons. The van der Waals surface area contributed by atoms with E-state index >= 15 is 0 Å². The summed E-state index contributed by atoms with van der Waals surface area (Å²) in [7, 11) is 1.52. The lowest BCUT2D eigenvalue weighted by Crippen LogP contribution is -2.44. The van der Waals surface area contributed by atoms with Gasteiger partial charge in [0.1, 0.15) is 5.75 Å². The number of rotatable bonds is 5. The number of nitrogens with zero attached hydrogens (tertiary/aromatic N) is 1. The number of fused-ring (bicyclic) bond motifs is 1. The molecule has 0 aliphatic carbocycles. The van der Waals surface area contributed by atoms with Crippen molar-refractivity contribution in [2.45, 2.75) is 31.9 Å². The average Bonchev–Trinajstić information content (AvgIpc) is 2.83. The van der Waals surface area contributed by atoms with E-state index in [-0.39, 0.29) is 18.2 Å². The lowest BCUT2D eigenvalue weighted by molar-refractivity contribution is -0.136. The first-order valence-corrected chi connectivity index (χ1v) is 8.21. The summed E-state index contributed by atoms with van der Waals surface area (Å²) in [6.45, 7) is 3.76. The van der Waals surface area contributed by atoms with Gasteiger partial charge >= 0.3 is 0 Å². The van der Waals surface area contributed by atoms with Gasteiger partial charge in [0.2, 0.25) is 0 Å². The maximum absolute atomic E-state index is 12.9. The van der Waals surface area contributed by atoms with E-state index in [9.17, 15) is 14.7 Å². The molecular formula is C20H21NO4. The van der Waals surface area contributed by atoms with E-state index in [1.165, 1.54) is 7.11 Å². The number of ether oxygens (including phenoxy) is 1. The molecule has 25 heavy (non-hydrogen) atoms. The van der Waals surface area contributed by atoms with Gasteiger partial charge < -0.3 is 14.7 Å². The molecular weight excluding hydrogens is 318 g/mol. The Morgan fingerprint density at radius 2 is 1.92 bits per heavy atom. The van der Waals surface area contributed by atoms with Crippen LogP contribution in [0, 0.1) is 0 Å². The molecule has 1 atom stereocenters. The Bertz CT molecular complexity index is 830. The highest BCUT2D eigenvalue weighted by atomic mass is 16.5. The molecule has 3 rings (SSSR count). The third kappa shape index (κ3) is 2.81. The van der Waals surface area contributed by atoms with E-state index < -0.39 is 11.5 Å².